The zero-order valence-corrected chi connectivity index (χ0v) is 7.53. The van der Waals surface area contributed by atoms with Gasteiger partial charge in [0.2, 0.25) is 0 Å². The Morgan fingerprint density at radius 2 is 2.18 bits per heavy atom. The quantitative estimate of drug-likeness (QED) is 0.403. The first-order chi connectivity index (χ1) is 5.29. The second kappa shape index (κ2) is 3.64. The third-order valence-electron chi connectivity index (χ3n) is 1.60. The van der Waals surface area contributed by atoms with Crippen molar-refractivity contribution in [2.45, 2.75) is 11.8 Å². The minimum absolute atomic E-state index is 1.03. The molecule has 1 aromatic carbocycles. The number of nitrogens with two attached hydrogens (primary N) is 1. The molecule has 2 nitrogen and oxygen atoms in total. The summed E-state index contributed by atoms with van der Waals surface area (Å²) in [6, 6.07) is 6.11. The Morgan fingerprint density at radius 3 is 2.64 bits per heavy atom. The summed E-state index contributed by atoms with van der Waals surface area (Å²) in [5.74, 6) is 5.36. The SMILES string of the molecule is CSc1cccc(C)c1NN. The Labute approximate surface area is 71.1 Å². The standard InChI is InChI=1S/C8H12N2S/c1-6-4-3-5-7(11-2)8(6)10-9/h3-5,10H,9H2,1-2H3. The highest BCUT2D eigenvalue weighted by atomic mass is 32.2. The first-order valence-corrected chi connectivity index (χ1v) is 4.62. The number of aryl methyl sites for hydroxylation is 1. The molecule has 0 aromatic heterocycles. The highest BCUT2D eigenvalue weighted by Crippen LogP contribution is 2.26. The molecule has 0 bridgehead atoms. The molecule has 60 valence electrons. The Kier molecular flexibility index (Phi) is 2.79. The normalized spacial score (nSPS) is 9.73. The van der Waals surface area contributed by atoms with Gasteiger partial charge in [-0.3, -0.25) is 5.84 Å². The van der Waals surface area contributed by atoms with Crippen LogP contribution in [-0.4, -0.2) is 6.26 Å². The van der Waals surface area contributed by atoms with Crippen molar-refractivity contribution < 1.29 is 0 Å². The molecule has 0 radical (unpaired) electrons. The third kappa shape index (κ3) is 1.67. The second-order valence-electron chi connectivity index (χ2n) is 2.30. The molecule has 0 unspecified atom stereocenters. The van der Waals surface area contributed by atoms with Gasteiger partial charge in [-0.15, -0.1) is 11.8 Å². The van der Waals surface area contributed by atoms with Crippen LogP contribution in [-0.2, 0) is 0 Å². The van der Waals surface area contributed by atoms with Crippen LogP contribution < -0.4 is 11.3 Å². The Balaban J connectivity index is 3.13. The molecule has 0 saturated carbocycles. The van der Waals surface area contributed by atoms with Crippen LogP contribution in [0.4, 0.5) is 5.69 Å². The summed E-state index contributed by atoms with van der Waals surface area (Å²) in [7, 11) is 0. The fourth-order valence-electron chi connectivity index (χ4n) is 0.996. The smallest absolute Gasteiger partial charge is 0.0650 e. The maximum Gasteiger partial charge on any atom is 0.0650 e. The molecular formula is C8H12N2S. The first-order valence-electron chi connectivity index (χ1n) is 3.40. The van der Waals surface area contributed by atoms with Gasteiger partial charge in [-0.2, -0.15) is 0 Å². The molecule has 1 rings (SSSR count). The van der Waals surface area contributed by atoms with Gasteiger partial charge in [-0.25, -0.2) is 0 Å². The van der Waals surface area contributed by atoms with E-state index in [1.54, 1.807) is 11.8 Å². The maximum atomic E-state index is 5.36. The molecule has 0 aliphatic carbocycles. The number of para-hydroxylation sites is 1. The molecule has 3 N–H and O–H groups in total. The minimum Gasteiger partial charge on any atom is -0.323 e. The fourth-order valence-corrected chi connectivity index (χ4v) is 1.63. The van der Waals surface area contributed by atoms with Crippen molar-refractivity contribution in [3.8, 4) is 0 Å². The van der Waals surface area contributed by atoms with E-state index in [1.165, 1.54) is 10.5 Å². The topological polar surface area (TPSA) is 38.0 Å². The number of hydrogen-bond donors (Lipinski definition) is 2. The zero-order valence-electron chi connectivity index (χ0n) is 6.72. The second-order valence-corrected chi connectivity index (χ2v) is 3.14. The fraction of sp³-hybridized carbons (Fsp3) is 0.250. The van der Waals surface area contributed by atoms with Crippen LogP contribution in [0.1, 0.15) is 5.56 Å². The molecule has 0 aliphatic heterocycles. The van der Waals surface area contributed by atoms with E-state index in [9.17, 15) is 0 Å². The van der Waals surface area contributed by atoms with Crippen molar-refractivity contribution in [2.24, 2.45) is 5.84 Å². The summed E-state index contributed by atoms with van der Waals surface area (Å²) in [5, 5.41) is 0. The molecule has 0 aliphatic rings. The van der Waals surface area contributed by atoms with Crippen molar-refractivity contribution in [1.82, 2.24) is 0 Å². The van der Waals surface area contributed by atoms with E-state index in [-0.39, 0.29) is 0 Å². The largest absolute Gasteiger partial charge is 0.323 e. The molecule has 11 heavy (non-hydrogen) atoms. The minimum atomic E-state index is 1.03. The number of thioether (sulfide) groups is 1. The van der Waals surface area contributed by atoms with Crippen LogP contribution in [0.15, 0.2) is 23.1 Å². The van der Waals surface area contributed by atoms with E-state index >= 15 is 0 Å². The monoisotopic (exact) mass is 168 g/mol. The zero-order chi connectivity index (χ0) is 8.27. The summed E-state index contributed by atoms with van der Waals surface area (Å²) in [5.41, 5.74) is 4.90. The van der Waals surface area contributed by atoms with Crippen LogP contribution in [0.25, 0.3) is 0 Å². The predicted octanol–water partition coefficient (Wildman–Crippen LogP) is 2.00. The Morgan fingerprint density at radius 1 is 1.45 bits per heavy atom. The predicted molar refractivity (Wildman–Crippen MR) is 50.8 cm³/mol. The van der Waals surface area contributed by atoms with Gasteiger partial charge in [0.15, 0.2) is 0 Å². The number of hydrogen-bond acceptors (Lipinski definition) is 3. The van der Waals surface area contributed by atoms with Crippen LogP contribution in [0.2, 0.25) is 0 Å². The molecule has 0 spiro atoms. The summed E-state index contributed by atoms with van der Waals surface area (Å²) in [6.45, 7) is 2.04. The van der Waals surface area contributed by atoms with Gasteiger partial charge in [0, 0.05) is 4.90 Å². The number of nitrogens with one attached hydrogen (secondary N) is 1. The van der Waals surface area contributed by atoms with E-state index in [4.69, 9.17) is 5.84 Å². The summed E-state index contributed by atoms with van der Waals surface area (Å²) < 4.78 is 0. The van der Waals surface area contributed by atoms with Crippen molar-refractivity contribution >= 4 is 17.4 Å². The Bertz CT molecular complexity index is 248. The number of nitrogen functional groups attached to an aromatic ring is 1. The molecule has 3 heteroatoms. The first kappa shape index (κ1) is 8.43. The van der Waals surface area contributed by atoms with Gasteiger partial charge in [0.05, 0.1) is 5.69 Å². The van der Waals surface area contributed by atoms with Gasteiger partial charge < -0.3 is 5.43 Å². The van der Waals surface area contributed by atoms with Crippen molar-refractivity contribution in [1.29, 1.82) is 0 Å². The van der Waals surface area contributed by atoms with E-state index < -0.39 is 0 Å². The molecule has 0 amide bonds. The van der Waals surface area contributed by atoms with Gasteiger partial charge in [0.25, 0.3) is 0 Å². The molecule has 0 atom stereocenters. The summed E-state index contributed by atoms with van der Waals surface area (Å²) in [4.78, 5) is 1.19. The lowest BCUT2D eigenvalue weighted by atomic mass is 10.2. The lowest BCUT2D eigenvalue weighted by Crippen LogP contribution is -2.09. The van der Waals surface area contributed by atoms with Crippen LogP contribution in [0.5, 0.6) is 0 Å². The Hall–Kier alpha value is -0.670. The lowest BCUT2D eigenvalue weighted by Gasteiger charge is -2.08. The number of benzene rings is 1. The average molecular weight is 168 g/mol. The lowest BCUT2D eigenvalue weighted by molar-refractivity contribution is 1.25. The van der Waals surface area contributed by atoms with E-state index in [1.807, 2.05) is 31.4 Å². The number of anilines is 1. The number of hydrazine groups is 1. The van der Waals surface area contributed by atoms with Crippen molar-refractivity contribution in [3.05, 3.63) is 23.8 Å². The van der Waals surface area contributed by atoms with E-state index in [2.05, 4.69) is 5.43 Å². The molecular weight excluding hydrogens is 156 g/mol. The van der Waals surface area contributed by atoms with Crippen LogP contribution >= 0.6 is 11.8 Å². The van der Waals surface area contributed by atoms with Crippen molar-refractivity contribution in [3.63, 3.8) is 0 Å². The summed E-state index contributed by atoms with van der Waals surface area (Å²) in [6.07, 6.45) is 2.04. The molecule has 0 fully saturated rings. The molecule has 0 saturated heterocycles. The molecule has 0 heterocycles. The van der Waals surface area contributed by atoms with Crippen LogP contribution in [0.3, 0.4) is 0 Å². The van der Waals surface area contributed by atoms with E-state index in [0.717, 1.165) is 5.69 Å². The number of rotatable bonds is 2. The van der Waals surface area contributed by atoms with Gasteiger partial charge in [0.1, 0.15) is 0 Å². The van der Waals surface area contributed by atoms with E-state index in [0.29, 0.717) is 0 Å². The van der Waals surface area contributed by atoms with Crippen molar-refractivity contribution in [2.75, 3.05) is 11.7 Å². The highest BCUT2D eigenvalue weighted by molar-refractivity contribution is 7.98. The third-order valence-corrected chi connectivity index (χ3v) is 2.38. The van der Waals surface area contributed by atoms with Gasteiger partial charge in [-0.05, 0) is 24.8 Å². The van der Waals surface area contributed by atoms with Gasteiger partial charge >= 0.3 is 0 Å². The van der Waals surface area contributed by atoms with Crippen LogP contribution in [0, 0.1) is 6.92 Å². The highest BCUT2D eigenvalue weighted by Gasteiger charge is 2.00. The molecule has 1 aromatic rings. The average Bonchev–Trinajstić information content (AvgIpc) is 2.04. The van der Waals surface area contributed by atoms with Gasteiger partial charge in [-0.1, -0.05) is 12.1 Å². The summed E-state index contributed by atoms with van der Waals surface area (Å²) >= 11 is 1.69. The maximum absolute atomic E-state index is 5.36.